The highest BCUT2D eigenvalue weighted by atomic mass is 16.5. The Morgan fingerprint density at radius 1 is 1.25 bits per heavy atom. The first-order valence-corrected chi connectivity index (χ1v) is 5.85. The summed E-state index contributed by atoms with van der Waals surface area (Å²) in [4.78, 5) is 0. The highest BCUT2D eigenvalue weighted by Gasteiger charge is 2.07. The SMILES string of the molecule is C1=C[C@@H](COCc2ccccc2)OCCC1. The van der Waals surface area contributed by atoms with Gasteiger partial charge in [0, 0.05) is 6.61 Å². The van der Waals surface area contributed by atoms with Gasteiger partial charge in [-0.25, -0.2) is 0 Å². The second kappa shape index (κ2) is 6.46. The average molecular weight is 218 g/mol. The van der Waals surface area contributed by atoms with Crippen LogP contribution in [-0.4, -0.2) is 19.3 Å². The first-order valence-electron chi connectivity index (χ1n) is 5.85. The minimum atomic E-state index is 0.131. The van der Waals surface area contributed by atoms with Crippen LogP contribution >= 0.6 is 0 Å². The molecule has 1 aromatic rings. The minimum absolute atomic E-state index is 0.131. The Bertz CT molecular complexity index is 319. The number of ether oxygens (including phenoxy) is 2. The lowest BCUT2D eigenvalue weighted by molar-refractivity contribution is 0.00415. The second-order valence-electron chi connectivity index (χ2n) is 3.98. The molecule has 0 amide bonds. The smallest absolute Gasteiger partial charge is 0.0989 e. The van der Waals surface area contributed by atoms with Gasteiger partial charge in [0.2, 0.25) is 0 Å². The zero-order chi connectivity index (χ0) is 11.1. The summed E-state index contributed by atoms with van der Waals surface area (Å²) in [5, 5.41) is 0. The molecular weight excluding hydrogens is 200 g/mol. The Kier molecular flexibility index (Phi) is 4.59. The molecule has 0 N–H and O–H groups in total. The zero-order valence-corrected chi connectivity index (χ0v) is 9.47. The van der Waals surface area contributed by atoms with Gasteiger partial charge in [-0.1, -0.05) is 42.5 Å². The van der Waals surface area contributed by atoms with Crippen molar-refractivity contribution in [3.8, 4) is 0 Å². The monoisotopic (exact) mass is 218 g/mol. The molecule has 0 bridgehead atoms. The quantitative estimate of drug-likeness (QED) is 0.723. The Balaban J connectivity index is 1.71. The van der Waals surface area contributed by atoms with Crippen LogP contribution in [0.3, 0.4) is 0 Å². The summed E-state index contributed by atoms with van der Waals surface area (Å²) in [5.41, 5.74) is 1.21. The van der Waals surface area contributed by atoms with Crippen molar-refractivity contribution < 1.29 is 9.47 Å². The van der Waals surface area contributed by atoms with Crippen molar-refractivity contribution in [2.45, 2.75) is 25.6 Å². The van der Waals surface area contributed by atoms with E-state index >= 15 is 0 Å². The lowest BCUT2D eigenvalue weighted by Crippen LogP contribution is -2.17. The molecule has 0 unspecified atom stereocenters. The summed E-state index contributed by atoms with van der Waals surface area (Å²) in [6.45, 7) is 2.15. The van der Waals surface area contributed by atoms with E-state index in [0.29, 0.717) is 13.2 Å². The van der Waals surface area contributed by atoms with Crippen LogP contribution in [-0.2, 0) is 16.1 Å². The van der Waals surface area contributed by atoms with E-state index in [9.17, 15) is 0 Å². The summed E-state index contributed by atoms with van der Waals surface area (Å²) in [6.07, 6.45) is 6.66. The predicted octanol–water partition coefficient (Wildman–Crippen LogP) is 2.94. The van der Waals surface area contributed by atoms with Gasteiger partial charge in [-0.3, -0.25) is 0 Å². The van der Waals surface area contributed by atoms with Crippen molar-refractivity contribution in [3.05, 3.63) is 48.0 Å². The highest BCUT2D eigenvalue weighted by Crippen LogP contribution is 2.07. The van der Waals surface area contributed by atoms with Crippen molar-refractivity contribution in [1.82, 2.24) is 0 Å². The van der Waals surface area contributed by atoms with Gasteiger partial charge in [-0.15, -0.1) is 0 Å². The third-order valence-corrected chi connectivity index (χ3v) is 2.59. The van der Waals surface area contributed by atoms with Gasteiger partial charge in [0.25, 0.3) is 0 Å². The van der Waals surface area contributed by atoms with Gasteiger partial charge >= 0.3 is 0 Å². The summed E-state index contributed by atoms with van der Waals surface area (Å²) in [5.74, 6) is 0. The molecule has 0 fully saturated rings. The second-order valence-corrected chi connectivity index (χ2v) is 3.98. The van der Waals surface area contributed by atoms with E-state index in [1.54, 1.807) is 0 Å². The number of hydrogen-bond donors (Lipinski definition) is 0. The third kappa shape index (κ3) is 3.80. The fourth-order valence-corrected chi connectivity index (χ4v) is 1.71. The van der Waals surface area contributed by atoms with Crippen molar-refractivity contribution in [2.24, 2.45) is 0 Å². The Hall–Kier alpha value is -1.12. The molecule has 0 aliphatic carbocycles. The molecule has 1 aliphatic heterocycles. The van der Waals surface area contributed by atoms with Crippen LogP contribution in [0, 0.1) is 0 Å². The van der Waals surface area contributed by atoms with Crippen molar-refractivity contribution in [3.63, 3.8) is 0 Å². The zero-order valence-electron chi connectivity index (χ0n) is 9.47. The van der Waals surface area contributed by atoms with Crippen LogP contribution in [0.4, 0.5) is 0 Å². The Morgan fingerprint density at radius 2 is 2.12 bits per heavy atom. The highest BCUT2D eigenvalue weighted by molar-refractivity contribution is 5.13. The normalized spacial score (nSPS) is 20.6. The molecule has 0 saturated carbocycles. The molecular formula is C14H18O2. The van der Waals surface area contributed by atoms with Crippen molar-refractivity contribution in [2.75, 3.05) is 13.2 Å². The van der Waals surface area contributed by atoms with Crippen LogP contribution < -0.4 is 0 Å². The lowest BCUT2D eigenvalue weighted by atomic mass is 10.2. The van der Waals surface area contributed by atoms with Crippen LogP contribution in [0.2, 0.25) is 0 Å². The summed E-state index contributed by atoms with van der Waals surface area (Å²) < 4.78 is 11.3. The number of hydrogen-bond acceptors (Lipinski definition) is 2. The standard InChI is InChI=1S/C14H18O2/c1-3-7-13(8-4-1)11-15-12-14-9-5-2-6-10-16-14/h1,3-5,7-9,14H,2,6,10-12H2/t14-/m0/s1. The Morgan fingerprint density at radius 3 is 3.00 bits per heavy atom. The molecule has 0 aromatic heterocycles. The number of allylic oxidation sites excluding steroid dienone is 1. The van der Waals surface area contributed by atoms with E-state index in [4.69, 9.17) is 9.47 Å². The fourth-order valence-electron chi connectivity index (χ4n) is 1.71. The molecule has 2 heteroatoms. The molecule has 0 saturated heterocycles. The van der Waals surface area contributed by atoms with Crippen LogP contribution in [0.15, 0.2) is 42.5 Å². The molecule has 86 valence electrons. The first kappa shape index (κ1) is 11.4. The van der Waals surface area contributed by atoms with Crippen molar-refractivity contribution >= 4 is 0 Å². The molecule has 1 heterocycles. The molecule has 1 aliphatic rings. The molecule has 0 spiro atoms. The van der Waals surface area contributed by atoms with Gasteiger partial charge in [0.15, 0.2) is 0 Å². The maximum absolute atomic E-state index is 5.64. The predicted molar refractivity (Wildman–Crippen MR) is 64.2 cm³/mol. The van der Waals surface area contributed by atoms with Gasteiger partial charge in [0.1, 0.15) is 0 Å². The van der Waals surface area contributed by atoms with E-state index in [2.05, 4.69) is 24.3 Å². The van der Waals surface area contributed by atoms with Crippen molar-refractivity contribution in [1.29, 1.82) is 0 Å². The van der Waals surface area contributed by atoms with Gasteiger partial charge < -0.3 is 9.47 Å². The molecule has 1 atom stereocenters. The maximum Gasteiger partial charge on any atom is 0.0989 e. The van der Waals surface area contributed by atoms with Gasteiger partial charge in [-0.2, -0.15) is 0 Å². The summed E-state index contributed by atoms with van der Waals surface area (Å²) in [7, 11) is 0. The lowest BCUT2D eigenvalue weighted by Gasteiger charge is -2.12. The average Bonchev–Trinajstić information content (AvgIpc) is 2.59. The number of rotatable bonds is 4. The van der Waals surface area contributed by atoms with E-state index in [1.165, 1.54) is 5.56 Å². The molecule has 1 aromatic carbocycles. The first-order chi connectivity index (χ1) is 7.95. The minimum Gasteiger partial charge on any atom is -0.374 e. The topological polar surface area (TPSA) is 18.5 Å². The van der Waals surface area contributed by atoms with E-state index in [1.807, 2.05) is 18.2 Å². The van der Waals surface area contributed by atoms with E-state index < -0.39 is 0 Å². The van der Waals surface area contributed by atoms with Crippen LogP contribution in [0.5, 0.6) is 0 Å². The fraction of sp³-hybridized carbons (Fsp3) is 0.429. The molecule has 2 rings (SSSR count). The maximum atomic E-state index is 5.64. The van der Waals surface area contributed by atoms with Crippen LogP contribution in [0.1, 0.15) is 18.4 Å². The van der Waals surface area contributed by atoms with Gasteiger partial charge in [-0.05, 0) is 18.4 Å². The molecule has 0 radical (unpaired) electrons. The van der Waals surface area contributed by atoms with E-state index in [0.717, 1.165) is 19.4 Å². The summed E-state index contributed by atoms with van der Waals surface area (Å²) >= 11 is 0. The van der Waals surface area contributed by atoms with E-state index in [-0.39, 0.29) is 6.10 Å². The Labute approximate surface area is 96.9 Å². The molecule has 16 heavy (non-hydrogen) atoms. The largest absolute Gasteiger partial charge is 0.374 e. The van der Waals surface area contributed by atoms with Crippen LogP contribution in [0.25, 0.3) is 0 Å². The summed E-state index contributed by atoms with van der Waals surface area (Å²) in [6, 6.07) is 10.2. The van der Waals surface area contributed by atoms with Gasteiger partial charge in [0.05, 0.1) is 19.3 Å². The third-order valence-electron chi connectivity index (χ3n) is 2.59. The molecule has 2 nitrogen and oxygen atoms in total. The number of benzene rings is 1.